The molecule has 2 rings (SSSR count). The molecule has 1 aromatic heterocycles. The van der Waals surface area contributed by atoms with Gasteiger partial charge in [-0.1, -0.05) is 5.16 Å². The number of hydrogen-bond donors (Lipinski definition) is 1. The number of aromatic nitrogens is 2. The van der Waals surface area contributed by atoms with E-state index in [-0.39, 0.29) is 5.82 Å². The van der Waals surface area contributed by atoms with Crippen molar-refractivity contribution in [3.05, 3.63) is 35.5 Å². The molecule has 0 aliphatic heterocycles. The molecule has 102 valence electrons. The highest BCUT2D eigenvalue weighted by Gasteiger charge is 2.10. The molecule has 19 heavy (non-hydrogen) atoms. The minimum Gasteiger partial charge on any atom is -0.339 e. The van der Waals surface area contributed by atoms with Crippen LogP contribution in [0.4, 0.5) is 4.39 Å². The number of nitrogens with zero attached hydrogens (tertiary/aromatic N) is 2. The second-order valence-electron chi connectivity index (χ2n) is 4.70. The number of aryl methyl sites for hydroxylation is 2. The molecule has 0 bridgehead atoms. The number of benzene rings is 1. The van der Waals surface area contributed by atoms with Gasteiger partial charge in [0.25, 0.3) is 0 Å². The molecule has 0 spiro atoms. The number of hydrogen-bond acceptors (Lipinski definition) is 4. The lowest BCUT2D eigenvalue weighted by atomic mass is 10.1. The van der Waals surface area contributed by atoms with Crippen LogP contribution in [0.15, 0.2) is 22.7 Å². The van der Waals surface area contributed by atoms with Crippen LogP contribution in [0.2, 0.25) is 0 Å². The Kier molecular flexibility index (Phi) is 4.27. The van der Waals surface area contributed by atoms with Gasteiger partial charge in [-0.25, -0.2) is 4.39 Å². The van der Waals surface area contributed by atoms with E-state index in [1.165, 1.54) is 6.07 Å². The molecular weight excluding hydrogens is 245 g/mol. The van der Waals surface area contributed by atoms with Gasteiger partial charge in [-0.3, -0.25) is 0 Å². The summed E-state index contributed by atoms with van der Waals surface area (Å²) in [6, 6.07) is 5.21. The molecule has 0 saturated heterocycles. The largest absolute Gasteiger partial charge is 0.339 e. The molecule has 2 aromatic rings. The van der Waals surface area contributed by atoms with Gasteiger partial charge < -0.3 is 9.84 Å². The van der Waals surface area contributed by atoms with E-state index in [1.807, 2.05) is 7.05 Å². The lowest BCUT2D eigenvalue weighted by Gasteiger charge is -2.06. The fourth-order valence-corrected chi connectivity index (χ4v) is 1.74. The topological polar surface area (TPSA) is 51.0 Å². The van der Waals surface area contributed by atoms with Crippen LogP contribution in [0.25, 0.3) is 11.4 Å². The second kappa shape index (κ2) is 5.93. The summed E-state index contributed by atoms with van der Waals surface area (Å²) in [7, 11) is 1.92. The molecule has 1 unspecified atom stereocenters. The Bertz CT molecular complexity index is 553. The van der Waals surface area contributed by atoms with Crippen molar-refractivity contribution in [2.45, 2.75) is 32.7 Å². The Hall–Kier alpha value is -1.75. The van der Waals surface area contributed by atoms with Crippen molar-refractivity contribution in [2.24, 2.45) is 0 Å². The Morgan fingerprint density at radius 1 is 1.42 bits per heavy atom. The van der Waals surface area contributed by atoms with E-state index >= 15 is 0 Å². The summed E-state index contributed by atoms with van der Waals surface area (Å²) in [6.45, 7) is 3.81. The smallest absolute Gasteiger partial charge is 0.227 e. The van der Waals surface area contributed by atoms with Gasteiger partial charge in [-0.2, -0.15) is 4.98 Å². The molecule has 4 nitrogen and oxygen atoms in total. The first-order valence-electron chi connectivity index (χ1n) is 6.36. The summed E-state index contributed by atoms with van der Waals surface area (Å²) in [5.74, 6) is 0.893. The standard InChI is InChI=1S/C14H18FN3O/c1-9-8-11(5-6-12(9)15)14-17-13(19-18-14)7-4-10(2)16-3/h5-6,8,10,16H,4,7H2,1-3H3. The van der Waals surface area contributed by atoms with Crippen molar-refractivity contribution in [2.75, 3.05) is 7.05 Å². The average molecular weight is 263 g/mol. The Balaban J connectivity index is 2.09. The van der Waals surface area contributed by atoms with Gasteiger partial charge in [-0.15, -0.1) is 0 Å². The van der Waals surface area contributed by atoms with Crippen LogP contribution in [-0.2, 0) is 6.42 Å². The van der Waals surface area contributed by atoms with Crippen molar-refractivity contribution >= 4 is 0 Å². The van der Waals surface area contributed by atoms with Gasteiger partial charge in [0.1, 0.15) is 5.82 Å². The summed E-state index contributed by atoms with van der Waals surface area (Å²) in [5, 5.41) is 7.09. The summed E-state index contributed by atoms with van der Waals surface area (Å²) in [6.07, 6.45) is 1.66. The van der Waals surface area contributed by atoms with Crippen molar-refractivity contribution < 1.29 is 8.91 Å². The lowest BCUT2D eigenvalue weighted by molar-refractivity contribution is 0.369. The van der Waals surface area contributed by atoms with Gasteiger partial charge in [0.2, 0.25) is 11.7 Å². The number of nitrogens with one attached hydrogen (secondary N) is 1. The molecule has 1 N–H and O–H groups in total. The van der Waals surface area contributed by atoms with Gasteiger partial charge >= 0.3 is 0 Å². The highest BCUT2D eigenvalue weighted by Crippen LogP contribution is 2.19. The molecule has 1 aromatic carbocycles. The summed E-state index contributed by atoms with van der Waals surface area (Å²) < 4.78 is 18.4. The third-order valence-electron chi connectivity index (χ3n) is 3.17. The normalized spacial score (nSPS) is 12.6. The van der Waals surface area contributed by atoms with Gasteiger partial charge in [0, 0.05) is 18.0 Å². The third kappa shape index (κ3) is 3.38. The van der Waals surface area contributed by atoms with E-state index in [0.717, 1.165) is 18.4 Å². The first-order valence-corrected chi connectivity index (χ1v) is 6.36. The van der Waals surface area contributed by atoms with Crippen LogP contribution in [-0.4, -0.2) is 23.2 Å². The van der Waals surface area contributed by atoms with Crippen LogP contribution >= 0.6 is 0 Å². The van der Waals surface area contributed by atoms with Crippen LogP contribution in [0.3, 0.4) is 0 Å². The first-order chi connectivity index (χ1) is 9.10. The Morgan fingerprint density at radius 2 is 2.21 bits per heavy atom. The van der Waals surface area contributed by atoms with Crippen LogP contribution in [0.1, 0.15) is 24.8 Å². The van der Waals surface area contributed by atoms with Crippen LogP contribution in [0.5, 0.6) is 0 Å². The summed E-state index contributed by atoms with van der Waals surface area (Å²) in [5.41, 5.74) is 1.35. The van der Waals surface area contributed by atoms with Gasteiger partial charge in [0.15, 0.2) is 0 Å². The minimum absolute atomic E-state index is 0.227. The fraction of sp³-hybridized carbons (Fsp3) is 0.429. The van der Waals surface area contributed by atoms with Crippen molar-refractivity contribution in [3.63, 3.8) is 0 Å². The van der Waals surface area contributed by atoms with E-state index in [4.69, 9.17) is 4.52 Å². The fourth-order valence-electron chi connectivity index (χ4n) is 1.74. The highest BCUT2D eigenvalue weighted by molar-refractivity contribution is 5.55. The highest BCUT2D eigenvalue weighted by atomic mass is 19.1. The Labute approximate surface area is 112 Å². The minimum atomic E-state index is -0.227. The average Bonchev–Trinajstić information content (AvgIpc) is 2.88. The maximum absolute atomic E-state index is 13.2. The summed E-state index contributed by atoms with van der Waals surface area (Å²) in [4.78, 5) is 4.33. The second-order valence-corrected chi connectivity index (χ2v) is 4.70. The number of rotatable bonds is 5. The third-order valence-corrected chi connectivity index (χ3v) is 3.17. The molecule has 0 aliphatic carbocycles. The van der Waals surface area contributed by atoms with Crippen molar-refractivity contribution in [1.82, 2.24) is 15.5 Å². The van der Waals surface area contributed by atoms with E-state index in [9.17, 15) is 4.39 Å². The van der Waals surface area contributed by atoms with Gasteiger partial charge in [-0.05, 0) is 51.1 Å². The predicted octanol–water partition coefficient (Wildman–Crippen LogP) is 2.72. The molecule has 0 saturated carbocycles. The molecule has 1 atom stereocenters. The van der Waals surface area contributed by atoms with E-state index in [2.05, 4.69) is 22.4 Å². The maximum atomic E-state index is 13.2. The molecule has 0 radical (unpaired) electrons. The van der Waals surface area contributed by atoms with Crippen molar-refractivity contribution in [1.29, 1.82) is 0 Å². The molecule has 1 heterocycles. The molecule has 5 heteroatoms. The number of halogens is 1. The molecule has 0 amide bonds. The molecular formula is C14H18FN3O. The van der Waals surface area contributed by atoms with E-state index in [0.29, 0.717) is 23.3 Å². The molecule has 0 fully saturated rings. The molecule has 0 aliphatic rings. The zero-order valence-electron chi connectivity index (χ0n) is 11.4. The van der Waals surface area contributed by atoms with Crippen LogP contribution < -0.4 is 5.32 Å². The maximum Gasteiger partial charge on any atom is 0.227 e. The van der Waals surface area contributed by atoms with Crippen molar-refractivity contribution in [3.8, 4) is 11.4 Å². The van der Waals surface area contributed by atoms with E-state index < -0.39 is 0 Å². The van der Waals surface area contributed by atoms with E-state index in [1.54, 1.807) is 19.1 Å². The zero-order valence-corrected chi connectivity index (χ0v) is 11.4. The monoisotopic (exact) mass is 263 g/mol. The predicted molar refractivity (Wildman–Crippen MR) is 71.3 cm³/mol. The zero-order chi connectivity index (χ0) is 13.8. The summed E-state index contributed by atoms with van der Waals surface area (Å²) >= 11 is 0. The van der Waals surface area contributed by atoms with Crippen LogP contribution in [0, 0.1) is 12.7 Å². The first kappa shape index (κ1) is 13.7. The quantitative estimate of drug-likeness (QED) is 0.901. The van der Waals surface area contributed by atoms with Gasteiger partial charge in [0.05, 0.1) is 0 Å². The SMILES string of the molecule is CNC(C)CCc1nc(-c2ccc(F)c(C)c2)no1. The lowest BCUT2D eigenvalue weighted by Crippen LogP contribution is -2.21. The Morgan fingerprint density at radius 3 is 2.89 bits per heavy atom.